The van der Waals surface area contributed by atoms with E-state index in [1.807, 2.05) is 0 Å². The van der Waals surface area contributed by atoms with Crippen LogP contribution in [-0.4, -0.2) is 48.3 Å². The van der Waals surface area contributed by atoms with E-state index in [2.05, 4.69) is 20.9 Å². The van der Waals surface area contributed by atoms with Gasteiger partial charge in [0.25, 0.3) is 0 Å². The Kier molecular flexibility index (Phi) is 20.9. The van der Waals surface area contributed by atoms with Gasteiger partial charge in [-0.05, 0) is 51.4 Å². The zero-order chi connectivity index (χ0) is 27.8. The highest BCUT2D eigenvalue weighted by Gasteiger charge is 2.20. The van der Waals surface area contributed by atoms with Crippen LogP contribution in [0, 0.1) is 0 Å². The van der Waals surface area contributed by atoms with Crippen molar-refractivity contribution < 1.29 is 0 Å². The Bertz CT molecular complexity index is 463. The first-order chi connectivity index (χ1) is 19.9. The molecule has 0 spiro atoms. The van der Waals surface area contributed by atoms with Crippen LogP contribution in [0.15, 0.2) is 0 Å². The van der Waals surface area contributed by atoms with Gasteiger partial charge >= 0.3 is 0 Å². The second-order valence-electron chi connectivity index (χ2n) is 13.9. The first-order valence-electron chi connectivity index (χ1n) is 18.9. The summed E-state index contributed by atoms with van der Waals surface area (Å²) in [7, 11) is 0. The quantitative estimate of drug-likeness (QED) is 0.352. The Balaban J connectivity index is 0.000000225. The maximum absolute atomic E-state index is 3.82. The summed E-state index contributed by atoms with van der Waals surface area (Å²) < 4.78 is 0. The van der Waals surface area contributed by atoms with Gasteiger partial charge < -0.3 is 0 Å². The molecule has 40 heavy (non-hydrogen) atoms. The van der Waals surface area contributed by atoms with Crippen LogP contribution in [0.1, 0.15) is 193 Å². The number of hydrogen-bond acceptors (Lipinski definition) is 4. The van der Waals surface area contributed by atoms with Crippen LogP contribution in [0.3, 0.4) is 0 Å². The third-order valence-electron chi connectivity index (χ3n) is 10.3. The second kappa shape index (κ2) is 24.3. The maximum Gasteiger partial charge on any atom is 0.0243 e. The zero-order valence-corrected chi connectivity index (χ0v) is 27.1. The fraction of sp³-hybridized carbons (Fsp3) is 1.00. The van der Waals surface area contributed by atoms with E-state index in [9.17, 15) is 0 Å². The average molecular weight is 561 g/mol. The highest BCUT2D eigenvalue weighted by molar-refractivity contribution is 4.73. The topological polar surface area (TPSA) is 30.5 Å². The lowest BCUT2D eigenvalue weighted by Crippen LogP contribution is -2.46. The monoisotopic (exact) mass is 561 g/mol. The van der Waals surface area contributed by atoms with Crippen molar-refractivity contribution in [3.63, 3.8) is 0 Å². The van der Waals surface area contributed by atoms with Crippen molar-refractivity contribution >= 4 is 0 Å². The van der Waals surface area contributed by atoms with Crippen molar-refractivity contribution in [3.05, 3.63) is 0 Å². The van der Waals surface area contributed by atoms with E-state index in [4.69, 9.17) is 0 Å². The summed E-state index contributed by atoms with van der Waals surface area (Å²) in [6, 6.07) is 1.63. The normalized spacial score (nSPS) is 27.0. The summed E-state index contributed by atoms with van der Waals surface area (Å²) in [5.41, 5.74) is 7.55. The highest BCUT2D eigenvalue weighted by atomic mass is 15.5. The molecule has 0 unspecified atom stereocenters. The van der Waals surface area contributed by atoms with Crippen molar-refractivity contribution in [1.82, 2.24) is 20.9 Å². The van der Waals surface area contributed by atoms with E-state index < -0.39 is 0 Å². The Hall–Kier alpha value is -0.160. The smallest absolute Gasteiger partial charge is 0.0243 e. The van der Waals surface area contributed by atoms with E-state index in [0.29, 0.717) is 0 Å². The number of hydrogen-bond donors (Lipinski definition) is 2. The molecular formula is C36H72N4. The average Bonchev–Trinajstić information content (AvgIpc) is 3.13. The number of nitrogens with zero attached hydrogens (tertiary/aromatic N) is 2. The Morgan fingerprint density at radius 1 is 0.275 bits per heavy atom. The molecule has 4 fully saturated rings. The van der Waals surface area contributed by atoms with Gasteiger partial charge in [0.05, 0.1) is 0 Å². The molecule has 2 aliphatic heterocycles. The molecule has 2 aliphatic carbocycles. The zero-order valence-electron chi connectivity index (χ0n) is 27.1. The summed E-state index contributed by atoms with van der Waals surface area (Å²) >= 11 is 0. The predicted molar refractivity (Wildman–Crippen MR) is 176 cm³/mol. The third-order valence-corrected chi connectivity index (χ3v) is 10.3. The standard InChI is InChI=1S/C20H40N2.C16H32N2/c1-2-5-9-13-17-20(16-12-8-4-1)22-19-15-11-7-3-6-10-14-18-21-22;1-2-5-9-13-16(12-8-4-1)18-15-11-7-3-6-10-14-17-18/h20-21H,1-19H2;16-17H,1-15H2. The van der Waals surface area contributed by atoms with E-state index >= 15 is 0 Å². The summed E-state index contributed by atoms with van der Waals surface area (Å²) in [6.07, 6.45) is 43.2. The van der Waals surface area contributed by atoms with Crippen molar-refractivity contribution in [2.75, 3.05) is 26.2 Å². The molecule has 0 aromatic carbocycles. The predicted octanol–water partition coefficient (Wildman–Crippen LogP) is 10.1. The molecule has 0 atom stereocenters. The molecule has 2 N–H and O–H groups in total. The van der Waals surface area contributed by atoms with Gasteiger partial charge in [0.1, 0.15) is 0 Å². The summed E-state index contributed by atoms with van der Waals surface area (Å²) in [4.78, 5) is 0. The molecule has 4 heteroatoms. The lowest BCUT2D eigenvalue weighted by atomic mass is 10.0. The molecule has 0 bridgehead atoms. The molecule has 4 nitrogen and oxygen atoms in total. The minimum absolute atomic E-state index is 0.804. The van der Waals surface area contributed by atoms with Crippen molar-refractivity contribution in [2.24, 2.45) is 0 Å². The van der Waals surface area contributed by atoms with E-state index in [1.54, 1.807) is 0 Å². The van der Waals surface area contributed by atoms with E-state index in [1.165, 1.54) is 219 Å². The van der Waals surface area contributed by atoms with Crippen molar-refractivity contribution in [3.8, 4) is 0 Å². The molecule has 0 radical (unpaired) electrons. The largest absolute Gasteiger partial charge is 0.255 e. The minimum Gasteiger partial charge on any atom is -0.255 e. The van der Waals surface area contributed by atoms with Gasteiger partial charge in [-0.2, -0.15) is 0 Å². The third kappa shape index (κ3) is 16.5. The van der Waals surface area contributed by atoms with Gasteiger partial charge in [0.15, 0.2) is 0 Å². The Labute approximate surface area is 251 Å². The molecule has 0 aromatic rings. The fourth-order valence-corrected chi connectivity index (χ4v) is 7.65. The van der Waals surface area contributed by atoms with E-state index in [0.717, 1.165) is 12.1 Å². The summed E-state index contributed by atoms with van der Waals surface area (Å²) in [5, 5.41) is 5.29. The Morgan fingerprint density at radius 3 is 0.850 bits per heavy atom. The lowest BCUT2D eigenvalue weighted by molar-refractivity contribution is 0.103. The number of nitrogens with one attached hydrogen (secondary N) is 2. The first-order valence-corrected chi connectivity index (χ1v) is 18.9. The highest BCUT2D eigenvalue weighted by Crippen LogP contribution is 2.22. The van der Waals surface area contributed by atoms with Crippen LogP contribution in [0.4, 0.5) is 0 Å². The lowest BCUT2D eigenvalue weighted by Gasteiger charge is -2.32. The van der Waals surface area contributed by atoms with Crippen LogP contribution in [0.25, 0.3) is 0 Å². The molecular weight excluding hydrogens is 488 g/mol. The summed E-state index contributed by atoms with van der Waals surface area (Å²) in [6.45, 7) is 4.97. The van der Waals surface area contributed by atoms with Gasteiger partial charge in [-0.25, -0.2) is 10.0 Å². The molecule has 0 aromatic heterocycles. The molecule has 2 saturated heterocycles. The molecule has 236 valence electrons. The Morgan fingerprint density at radius 2 is 0.525 bits per heavy atom. The van der Waals surface area contributed by atoms with Crippen LogP contribution < -0.4 is 10.9 Å². The fourth-order valence-electron chi connectivity index (χ4n) is 7.65. The van der Waals surface area contributed by atoms with Gasteiger partial charge in [0, 0.05) is 38.3 Å². The molecule has 4 rings (SSSR count). The number of rotatable bonds is 2. The minimum atomic E-state index is 0.804. The van der Waals surface area contributed by atoms with Gasteiger partial charge in [-0.15, -0.1) is 0 Å². The maximum atomic E-state index is 3.82. The second-order valence-corrected chi connectivity index (χ2v) is 13.9. The molecule has 4 aliphatic rings. The SMILES string of the molecule is C1CCCCC(N2CCCCCCCN2)CCC1.C1CCCCCC(N2CCCCCCCCCN2)CCCC1. The van der Waals surface area contributed by atoms with Crippen LogP contribution >= 0.6 is 0 Å². The molecule has 2 heterocycles. The molecule has 0 amide bonds. The van der Waals surface area contributed by atoms with Gasteiger partial charge in [-0.1, -0.05) is 141 Å². The summed E-state index contributed by atoms with van der Waals surface area (Å²) in [5.74, 6) is 0. The van der Waals surface area contributed by atoms with Gasteiger partial charge in [-0.3, -0.25) is 10.9 Å². The first kappa shape index (κ1) is 34.3. The van der Waals surface area contributed by atoms with E-state index in [-0.39, 0.29) is 0 Å². The van der Waals surface area contributed by atoms with Crippen molar-refractivity contribution in [1.29, 1.82) is 0 Å². The van der Waals surface area contributed by atoms with Crippen LogP contribution in [-0.2, 0) is 0 Å². The number of hydrazine groups is 2. The van der Waals surface area contributed by atoms with Gasteiger partial charge in [0.2, 0.25) is 0 Å². The molecule has 2 saturated carbocycles. The van der Waals surface area contributed by atoms with Crippen molar-refractivity contribution in [2.45, 2.75) is 205 Å². The van der Waals surface area contributed by atoms with Crippen LogP contribution in [0.2, 0.25) is 0 Å². The van der Waals surface area contributed by atoms with Crippen LogP contribution in [0.5, 0.6) is 0 Å².